The highest BCUT2D eigenvalue weighted by Crippen LogP contribution is 2.26. The summed E-state index contributed by atoms with van der Waals surface area (Å²) in [6, 6.07) is 22.2. The molecule has 0 radical (unpaired) electrons. The van der Waals surface area contributed by atoms with Crippen LogP contribution in [-0.2, 0) is 16.1 Å². The molecule has 0 amide bonds. The third kappa shape index (κ3) is 4.67. The molecule has 0 unspecified atom stereocenters. The molecule has 3 aromatic carbocycles. The van der Waals surface area contributed by atoms with Gasteiger partial charge in [-0.25, -0.2) is 9.79 Å². The van der Waals surface area contributed by atoms with Gasteiger partial charge in [0.2, 0.25) is 5.90 Å². The first kappa shape index (κ1) is 19.2. The van der Waals surface area contributed by atoms with Crippen molar-refractivity contribution in [3.63, 3.8) is 0 Å². The SMILES string of the molecule is O=C1OC(c2ccc(Cl)cc2Cl)=N/C1=C/c1cccc(OCc2ccccc2)c1. The van der Waals surface area contributed by atoms with Gasteiger partial charge in [-0.3, -0.25) is 0 Å². The summed E-state index contributed by atoms with van der Waals surface area (Å²) in [5.41, 5.74) is 2.54. The number of rotatable bonds is 5. The number of esters is 1. The number of carbonyl (C=O) groups excluding carboxylic acids is 1. The van der Waals surface area contributed by atoms with Crippen molar-refractivity contribution < 1.29 is 14.3 Å². The molecule has 0 bridgehead atoms. The zero-order valence-electron chi connectivity index (χ0n) is 15.1. The minimum absolute atomic E-state index is 0.152. The van der Waals surface area contributed by atoms with Gasteiger partial charge in [0.05, 0.1) is 10.6 Å². The first-order chi connectivity index (χ1) is 14.1. The second kappa shape index (κ2) is 8.52. The van der Waals surface area contributed by atoms with E-state index in [0.29, 0.717) is 28.0 Å². The van der Waals surface area contributed by atoms with E-state index >= 15 is 0 Å². The van der Waals surface area contributed by atoms with Crippen LogP contribution in [-0.4, -0.2) is 11.9 Å². The maximum Gasteiger partial charge on any atom is 0.363 e. The Balaban J connectivity index is 1.54. The molecule has 1 aliphatic heterocycles. The number of carbonyl (C=O) groups is 1. The predicted molar refractivity (Wildman–Crippen MR) is 114 cm³/mol. The summed E-state index contributed by atoms with van der Waals surface area (Å²) < 4.78 is 11.1. The summed E-state index contributed by atoms with van der Waals surface area (Å²) >= 11 is 12.1. The molecule has 1 aliphatic rings. The fourth-order valence-electron chi connectivity index (χ4n) is 2.78. The van der Waals surface area contributed by atoms with Crippen molar-refractivity contribution in [1.82, 2.24) is 0 Å². The lowest BCUT2D eigenvalue weighted by atomic mass is 10.2. The second-order valence-corrected chi connectivity index (χ2v) is 7.15. The number of aliphatic imine (C=N–C) groups is 1. The smallest absolute Gasteiger partial charge is 0.363 e. The van der Waals surface area contributed by atoms with Crippen LogP contribution in [0.3, 0.4) is 0 Å². The number of cyclic esters (lactones) is 1. The lowest BCUT2D eigenvalue weighted by Gasteiger charge is -2.07. The average molecular weight is 424 g/mol. The van der Waals surface area contributed by atoms with Crippen molar-refractivity contribution in [2.75, 3.05) is 0 Å². The minimum Gasteiger partial charge on any atom is -0.489 e. The summed E-state index contributed by atoms with van der Waals surface area (Å²) in [5.74, 6) is 0.306. The molecule has 0 N–H and O–H groups in total. The van der Waals surface area contributed by atoms with Crippen molar-refractivity contribution in [3.05, 3.63) is 105 Å². The van der Waals surface area contributed by atoms with Gasteiger partial charge in [0.25, 0.3) is 0 Å². The van der Waals surface area contributed by atoms with E-state index in [1.54, 1.807) is 24.3 Å². The Bertz CT molecular complexity index is 1120. The number of hydrogen-bond acceptors (Lipinski definition) is 4. The van der Waals surface area contributed by atoms with Crippen molar-refractivity contribution in [3.8, 4) is 5.75 Å². The topological polar surface area (TPSA) is 47.9 Å². The third-order valence-corrected chi connectivity index (χ3v) is 4.74. The van der Waals surface area contributed by atoms with Crippen LogP contribution >= 0.6 is 23.2 Å². The van der Waals surface area contributed by atoms with Crippen LogP contribution in [0.2, 0.25) is 10.0 Å². The Morgan fingerprint density at radius 2 is 1.79 bits per heavy atom. The molecule has 1 heterocycles. The lowest BCUT2D eigenvalue weighted by molar-refractivity contribution is -0.129. The standard InChI is InChI=1S/C23H15Cl2NO3/c24-17-9-10-19(20(25)13-17)22-26-21(23(27)29-22)12-16-7-4-8-18(11-16)28-14-15-5-2-1-3-6-15/h1-13H,14H2/b21-12+. The molecule has 6 heteroatoms. The maximum absolute atomic E-state index is 12.2. The van der Waals surface area contributed by atoms with E-state index < -0.39 is 5.97 Å². The van der Waals surface area contributed by atoms with Crippen LogP contribution in [0.25, 0.3) is 6.08 Å². The Morgan fingerprint density at radius 3 is 2.59 bits per heavy atom. The van der Waals surface area contributed by atoms with E-state index in [-0.39, 0.29) is 11.6 Å². The summed E-state index contributed by atoms with van der Waals surface area (Å²) in [4.78, 5) is 16.5. The number of ether oxygens (including phenoxy) is 2. The molecule has 0 spiro atoms. The van der Waals surface area contributed by atoms with Gasteiger partial charge in [0.15, 0.2) is 5.70 Å². The van der Waals surface area contributed by atoms with Crippen LogP contribution in [0, 0.1) is 0 Å². The molecule has 0 aliphatic carbocycles. The van der Waals surface area contributed by atoms with Gasteiger partial charge in [-0.1, -0.05) is 65.7 Å². The number of nitrogens with zero attached hydrogens (tertiary/aromatic N) is 1. The molecule has 0 aromatic heterocycles. The van der Waals surface area contributed by atoms with Gasteiger partial charge in [-0.2, -0.15) is 0 Å². The van der Waals surface area contributed by atoms with Gasteiger partial charge in [0.1, 0.15) is 12.4 Å². The number of hydrogen-bond donors (Lipinski definition) is 0. The van der Waals surface area contributed by atoms with E-state index in [4.69, 9.17) is 32.7 Å². The maximum atomic E-state index is 12.2. The van der Waals surface area contributed by atoms with Crippen molar-refractivity contribution in [2.24, 2.45) is 4.99 Å². The lowest BCUT2D eigenvalue weighted by Crippen LogP contribution is -2.05. The van der Waals surface area contributed by atoms with Crippen LogP contribution in [0.5, 0.6) is 5.75 Å². The van der Waals surface area contributed by atoms with E-state index in [9.17, 15) is 4.79 Å². The molecule has 29 heavy (non-hydrogen) atoms. The van der Waals surface area contributed by atoms with Gasteiger partial charge in [0, 0.05) is 5.02 Å². The summed E-state index contributed by atoms with van der Waals surface area (Å²) in [6.45, 7) is 0.459. The Kier molecular flexibility index (Phi) is 5.65. The Hall–Kier alpha value is -3.08. The normalized spacial score (nSPS) is 14.6. The van der Waals surface area contributed by atoms with E-state index in [1.165, 1.54) is 0 Å². The largest absolute Gasteiger partial charge is 0.489 e. The summed E-state index contributed by atoms with van der Waals surface area (Å²) in [7, 11) is 0. The predicted octanol–water partition coefficient (Wildman–Crippen LogP) is 5.92. The molecule has 3 aromatic rings. The van der Waals surface area contributed by atoms with Crippen LogP contribution in [0.15, 0.2) is 83.5 Å². The summed E-state index contributed by atoms with van der Waals surface area (Å²) in [6.07, 6.45) is 1.65. The molecule has 0 fully saturated rings. The fourth-order valence-corrected chi connectivity index (χ4v) is 3.27. The van der Waals surface area contributed by atoms with Crippen molar-refractivity contribution >= 4 is 41.1 Å². The van der Waals surface area contributed by atoms with Gasteiger partial charge >= 0.3 is 5.97 Å². The molecule has 0 saturated carbocycles. The first-order valence-corrected chi connectivity index (χ1v) is 9.59. The molecule has 4 nitrogen and oxygen atoms in total. The van der Waals surface area contributed by atoms with Crippen molar-refractivity contribution in [1.29, 1.82) is 0 Å². The van der Waals surface area contributed by atoms with Gasteiger partial charge in [-0.05, 0) is 47.5 Å². The Morgan fingerprint density at radius 1 is 0.966 bits per heavy atom. The molecule has 4 rings (SSSR count). The van der Waals surface area contributed by atoms with E-state index in [0.717, 1.165) is 11.1 Å². The van der Waals surface area contributed by atoms with E-state index in [1.807, 2.05) is 54.6 Å². The minimum atomic E-state index is -0.540. The van der Waals surface area contributed by atoms with Crippen LogP contribution < -0.4 is 4.74 Å². The fraction of sp³-hybridized carbons (Fsp3) is 0.0435. The molecule has 0 saturated heterocycles. The zero-order valence-corrected chi connectivity index (χ0v) is 16.7. The number of benzene rings is 3. The summed E-state index contributed by atoms with van der Waals surface area (Å²) in [5, 5.41) is 0.855. The molecular weight excluding hydrogens is 409 g/mol. The third-order valence-electron chi connectivity index (χ3n) is 4.19. The zero-order chi connectivity index (χ0) is 20.2. The molecule has 144 valence electrons. The second-order valence-electron chi connectivity index (χ2n) is 6.31. The molecule has 0 atom stereocenters. The highest BCUT2D eigenvalue weighted by atomic mass is 35.5. The monoisotopic (exact) mass is 423 g/mol. The van der Waals surface area contributed by atoms with Crippen molar-refractivity contribution in [2.45, 2.75) is 6.61 Å². The number of halogens is 2. The average Bonchev–Trinajstić information content (AvgIpc) is 3.07. The van der Waals surface area contributed by atoms with Gasteiger partial charge in [-0.15, -0.1) is 0 Å². The van der Waals surface area contributed by atoms with Gasteiger partial charge < -0.3 is 9.47 Å². The van der Waals surface area contributed by atoms with Crippen LogP contribution in [0.1, 0.15) is 16.7 Å². The first-order valence-electron chi connectivity index (χ1n) is 8.83. The quantitative estimate of drug-likeness (QED) is 0.378. The van der Waals surface area contributed by atoms with Crippen LogP contribution in [0.4, 0.5) is 0 Å². The molecular formula is C23H15Cl2NO3. The Labute approximate surface area is 178 Å². The van der Waals surface area contributed by atoms with E-state index in [2.05, 4.69) is 4.99 Å². The highest BCUT2D eigenvalue weighted by molar-refractivity contribution is 6.37. The highest BCUT2D eigenvalue weighted by Gasteiger charge is 2.25.